The van der Waals surface area contributed by atoms with Gasteiger partial charge in [-0.1, -0.05) is 51.5 Å². The standard InChI is InChI=1S/C16H24O4/c1-4-7-8-9-10-11-12-14(16(18)20-6-3)13-15(17)19-5-2/h5-6,11-12,14H,2-4,7-10,13H2,1H3. The first-order chi connectivity index (χ1) is 9.65. The SMILES string of the molecule is C=COC(=O)CC(C=CCCCCCC)C(=O)OC=C. The van der Waals surface area contributed by atoms with Crippen molar-refractivity contribution in [3.8, 4) is 0 Å². The molecule has 0 aromatic heterocycles. The van der Waals surface area contributed by atoms with Crippen LogP contribution in [0.5, 0.6) is 0 Å². The van der Waals surface area contributed by atoms with E-state index in [0.717, 1.165) is 25.4 Å². The van der Waals surface area contributed by atoms with E-state index >= 15 is 0 Å². The lowest BCUT2D eigenvalue weighted by molar-refractivity contribution is -0.147. The van der Waals surface area contributed by atoms with Gasteiger partial charge in [0, 0.05) is 0 Å². The number of carbonyl (C=O) groups is 2. The average molecular weight is 280 g/mol. The lowest BCUT2D eigenvalue weighted by Crippen LogP contribution is -2.18. The number of esters is 2. The molecule has 0 fully saturated rings. The minimum Gasteiger partial charge on any atom is -0.435 e. The van der Waals surface area contributed by atoms with Gasteiger partial charge in [-0.05, 0) is 12.8 Å². The number of hydrogen-bond acceptors (Lipinski definition) is 4. The molecule has 0 bridgehead atoms. The molecule has 112 valence electrons. The Bertz CT molecular complexity index is 344. The molecule has 20 heavy (non-hydrogen) atoms. The quantitative estimate of drug-likeness (QED) is 0.249. The summed E-state index contributed by atoms with van der Waals surface area (Å²) in [7, 11) is 0. The van der Waals surface area contributed by atoms with Crippen LogP contribution in [0.3, 0.4) is 0 Å². The third-order valence-corrected chi connectivity index (χ3v) is 2.70. The van der Waals surface area contributed by atoms with E-state index in [0.29, 0.717) is 0 Å². The molecule has 0 aliphatic heterocycles. The Kier molecular flexibility index (Phi) is 11.1. The second kappa shape index (κ2) is 12.2. The zero-order valence-electron chi connectivity index (χ0n) is 12.2. The van der Waals surface area contributed by atoms with Gasteiger partial charge in [-0.3, -0.25) is 9.59 Å². The second-order valence-corrected chi connectivity index (χ2v) is 4.35. The highest BCUT2D eigenvalue weighted by molar-refractivity contribution is 5.81. The minimum absolute atomic E-state index is 0.0653. The molecule has 0 radical (unpaired) electrons. The van der Waals surface area contributed by atoms with E-state index in [1.807, 2.05) is 6.08 Å². The van der Waals surface area contributed by atoms with Gasteiger partial charge in [0.2, 0.25) is 0 Å². The Labute approximate surface area is 121 Å². The second-order valence-electron chi connectivity index (χ2n) is 4.35. The van der Waals surface area contributed by atoms with Gasteiger partial charge in [0.1, 0.15) is 0 Å². The van der Waals surface area contributed by atoms with Crippen molar-refractivity contribution >= 4 is 11.9 Å². The van der Waals surface area contributed by atoms with Gasteiger partial charge in [-0.2, -0.15) is 0 Å². The van der Waals surface area contributed by atoms with Crippen LogP contribution < -0.4 is 0 Å². The zero-order valence-corrected chi connectivity index (χ0v) is 12.2. The first kappa shape index (κ1) is 18.2. The third-order valence-electron chi connectivity index (χ3n) is 2.70. The number of carbonyl (C=O) groups excluding carboxylic acids is 2. The summed E-state index contributed by atoms with van der Waals surface area (Å²) >= 11 is 0. The van der Waals surface area contributed by atoms with E-state index < -0.39 is 17.9 Å². The summed E-state index contributed by atoms with van der Waals surface area (Å²) < 4.78 is 9.34. The predicted octanol–water partition coefficient (Wildman–Crippen LogP) is 3.89. The number of ether oxygens (including phenoxy) is 2. The molecule has 0 aliphatic carbocycles. The van der Waals surface area contributed by atoms with Crippen molar-refractivity contribution in [2.75, 3.05) is 0 Å². The first-order valence-corrected chi connectivity index (χ1v) is 6.94. The molecule has 4 nitrogen and oxygen atoms in total. The highest BCUT2D eigenvalue weighted by atomic mass is 16.5. The minimum atomic E-state index is -0.647. The summed E-state index contributed by atoms with van der Waals surface area (Å²) in [6, 6.07) is 0. The Balaban J connectivity index is 4.33. The van der Waals surface area contributed by atoms with E-state index in [1.165, 1.54) is 19.3 Å². The van der Waals surface area contributed by atoms with Crippen LogP contribution in [-0.2, 0) is 19.1 Å². The highest BCUT2D eigenvalue weighted by Gasteiger charge is 2.20. The summed E-state index contributed by atoms with van der Waals surface area (Å²) in [5.74, 6) is -1.67. The van der Waals surface area contributed by atoms with Crippen molar-refractivity contribution in [2.45, 2.75) is 45.4 Å². The molecule has 0 amide bonds. The molecule has 0 saturated heterocycles. The molecule has 0 heterocycles. The van der Waals surface area contributed by atoms with Crippen LogP contribution in [0.25, 0.3) is 0 Å². The van der Waals surface area contributed by atoms with E-state index in [1.54, 1.807) is 6.08 Å². The molecule has 1 unspecified atom stereocenters. The van der Waals surface area contributed by atoms with Crippen molar-refractivity contribution in [3.63, 3.8) is 0 Å². The maximum Gasteiger partial charge on any atom is 0.318 e. The zero-order chi connectivity index (χ0) is 15.2. The maximum atomic E-state index is 11.7. The lowest BCUT2D eigenvalue weighted by atomic mass is 10.0. The monoisotopic (exact) mass is 280 g/mol. The summed E-state index contributed by atoms with van der Waals surface area (Å²) in [4.78, 5) is 23.0. The molecular weight excluding hydrogens is 256 g/mol. The molecule has 1 atom stereocenters. The van der Waals surface area contributed by atoms with Crippen LogP contribution in [0.15, 0.2) is 37.8 Å². The summed E-state index contributed by atoms with van der Waals surface area (Å²) in [6.07, 6.45) is 11.2. The number of rotatable bonds is 11. The van der Waals surface area contributed by atoms with Crippen molar-refractivity contribution in [1.29, 1.82) is 0 Å². The van der Waals surface area contributed by atoms with Gasteiger partial charge in [0.25, 0.3) is 0 Å². The maximum absolute atomic E-state index is 11.7. The van der Waals surface area contributed by atoms with Gasteiger partial charge in [-0.15, -0.1) is 0 Å². The fourth-order valence-electron chi connectivity index (χ4n) is 1.67. The fraction of sp³-hybridized carbons (Fsp3) is 0.500. The van der Waals surface area contributed by atoms with Gasteiger partial charge >= 0.3 is 11.9 Å². The first-order valence-electron chi connectivity index (χ1n) is 6.94. The van der Waals surface area contributed by atoms with E-state index in [-0.39, 0.29) is 6.42 Å². The van der Waals surface area contributed by atoms with Gasteiger partial charge in [-0.25, -0.2) is 0 Å². The molecular formula is C16H24O4. The predicted molar refractivity (Wildman–Crippen MR) is 78.6 cm³/mol. The molecule has 0 N–H and O–H groups in total. The van der Waals surface area contributed by atoms with Crippen LogP contribution in [0, 0.1) is 5.92 Å². The average Bonchev–Trinajstić information content (AvgIpc) is 2.41. The van der Waals surface area contributed by atoms with Crippen molar-refractivity contribution in [1.82, 2.24) is 0 Å². The van der Waals surface area contributed by atoms with Crippen LogP contribution in [0.2, 0.25) is 0 Å². The lowest BCUT2D eigenvalue weighted by Gasteiger charge is -2.08. The number of hydrogen-bond donors (Lipinski definition) is 0. The smallest absolute Gasteiger partial charge is 0.318 e. The molecule has 0 spiro atoms. The Morgan fingerprint density at radius 2 is 1.80 bits per heavy atom. The van der Waals surface area contributed by atoms with Crippen LogP contribution in [0.4, 0.5) is 0 Å². The Morgan fingerprint density at radius 3 is 2.40 bits per heavy atom. The molecule has 0 rings (SSSR count). The van der Waals surface area contributed by atoms with Gasteiger partial charge < -0.3 is 9.47 Å². The topological polar surface area (TPSA) is 52.6 Å². The number of allylic oxidation sites excluding steroid dienone is 1. The number of unbranched alkanes of at least 4 members (excludes halogenated alkanes) is 4. The molecule has 0 aliphatic rings. The summed E-state index contributed by atoms with van der Waals surface area (Å²) in [5.41, 5.74) is 0. The summed E-state index contributed by atoms with van der Waals surface area (Å²) in [5, 5.41) is 0. The fourth-order valence-corrected chi connectivity index (χ4v) is 1.67. The van der Waals surface area contributed by atoms with Crippen molar-refractivity contribution in [3.05, 3.63) is 37.8 Å². The Hall–Kier alpha value is -1.84. The molecule has 0 saturated carbocycles. The highest BCUT2D eigenvalue weighted by Crippen LogP contribution is 2.12. The molecule has 0 aromatic carbocycles. The van der Waals surface area contributed by atoms with Crippen LogP contribution in [0.1, 0.15) is 45.4 Å². The van der Waals surface area contributed by atoms with Crippen LogP contribution in [-0.4, -0.2) is 11.9 Å². The molecule has 4 heteroatoms. The summed E-state index contributed by atoms with van der Waals surface area (Å²) in [6.45, 7) is 8.78. The van der Waals surface area contributed by atoms with Crippen molar-refractivity contribution in [2.24, 2.45) is 5.92 Å². The van der Waals surface area contributed by atoms with Gasteiger partial charge in [0.05, 0.1) is 24.9 Å². The van der Waals surface area contributed by atoms with Crippen molar-refractivity contribution < 1.29 is 19.1 Å². The normalized spacial score (nSPS) is 11.8. The van der Waals surface area contributed by atoms with E-state index in [2.05, 4.69) is 24.8 Å². The largest absolute Gasteiger partial charge is 0.435 e. The van der Waals surface area contributed by atoms with E-state index in [9.17, 15) is 9.59 Å². The van der Waals surface area contributed by atoms with E-state index in [4.69, 9.17) is 4.74 Å². The van der Waals surface area contributed by atoms with Crippen LogP contribution >= 0.6 is 0 Å². The molecule has 0 aromatic rings. The van der Waals surface area contributed by atoms with Gasteiger partial charge in [0.15, 0.2) is 0 Å². The Morgan fingerprint density at radius 1 is 1.10 bits per heavy atom. The third kappa shape index (κ3) is 9.14.